The van der Waals surface area contributed by atoms with E-state index in [9.17, 15) is 10.2 Å². The van der Waals surface area contributed by atoms with Crippen LogP contribution in [-0.4, -0.2) is 10.2 Å². The van der Waals surface area contributed by atoms with Crippen LogP contribution in [0, 0.1) is 0 Å². The summed E-state index contributed by atoms with van der Waals surface area (Å²) in [6.07, 6.45) is 4.61. The molecule has 2 aromatic carbocycles. The normalized spacial score (nSPS) is 17.5. The zero-order chi connectivity index (χ0) is 13.3. The fourth-order valence-electron chi connectivity index (χ4n) is 3.31. The van der Waals surface area contributed by atoms with Crippen molar-refractivity contribution < 1.29 is 10.2 Å². The lowest BCUT2D eigenvalue weighted by Crippen LogP contribution is -2.23. The quantitative estimate of drug-likeness (QED) is 0.851. The Morgan fingerprint density at radius 3 is 2.05 bits per heavy atom. The van der Waals surface area contributed by atoms with Gasteiger partial charge in [-0.15, -0.1) is 0 Å². The molecule has 0 aliphatic heterocycles. The van der Waals surface area contributed by atoms with Crippen LogP contribution in [0.4, 0.5) is 0 Å². The first-order chi connectivity index (χ1) is 9.21. The molecule has 1 aliphatic carbocycles. The van der Waals surface area contributed by atoms with Gasteiger partial charge in [0.1, 0.15) is 11.5 Å². The van der Waals surface area contributed by atoms with Crippen molar-refractivity contribution in [2.75, 3.05) is 0 Å². The van der Waals surface area contributed by atoms with Crippen molar-refractivity contribution in [2.45, 2.75) is 31.1 Å². The molecular formula is C17H18O2. The van der Waals surface area contributed by atoms with E-state index in [-0.39, 0.29) is 5.41 Å². The summed E-state index contributed by atoms with van der Waals surface area (Å²) >= 11 is 0. The summed E-state index contributed by atoms with van der Waals surface area (Å²) in [6, 6.07) is 15.1. The van der Waals surface area contributed by atoms with Crippen molar-refractivity contribution in [1.29, 1.82) is 0 Å². The van der Waals surface area contributed by atoms with Gasteiger partial charge < -0.3 is 10.2 Å². The Labute approximate surface area is 113 Å². The second kappa shape index (κ2) is 4.61. The molecule has 2 N–H and O–H groups in total. The minimum Gasteiger partial charge on any atom is -0.508 e. The number of phenolic OH excluding ortho intramolecular Hbond substituents is 2. The maximum Gasteiger partial charge on any atom is 0.115 e. The van der Waals surface area contributed by atoms with Crippen LogP contribution in [0.1, 0.15) is 36.8 Å². The van der Waals surface area contributed by atoms with Crippen molar-refractivity contribution in [3.63, 3.8) is 0 Å². The summed E-state index contributed by atoms with van der Waals surface area (Å²) in [4.78, 5) is 0. The summed E-state index contributed by atoms with van der Waals surface area (Å²) in [6.45, 7) is 0. The Hall–Kier alpha value is -1.96. The minimum absolute atomic E-state index is 0.00750. The number of aromatic hydroxyl groups is 2. The number of hydrogen-bond acceptors (Lipinski definition) is 2. The van der Waals surface area contributed by atoms with Gasteiger partial charge in [0.2, 0.25) is 0 Å². The largest absolute Gasteiger partial charge is 0.508 e. The molecule has 0 heterocycles. The predicted molar refractivity (Wildman–Crippen MR) is 75.5 cm³/mol. The molecule has 0 aromatic heterocycles. The van der Waals surface area contributed by atoms with E-state index in [1.165, 1.54) is 24.0 Å². The number of phenols is 2. The maximum atomic E-state index is 9.74. The monoisotopic (exact) mass is 254 g/mol. The zero-order valence-corrected chi connectivity index (χ0v) is 10.8. The van der Waals surface area contributed by atoms with Gasteiger partial charge in [-0.2, -0.15) is 0 Å². The highest BCUT2D eigenvalue weighted by atomic mass is 16.3. The minimum atomic E-state index is -0.00750. The topological polar surface area (TPSA) is 40.5 Å². The molecule has 2 aromatic rings. The van der Waals surface area contributed by atoms with Gasteiger partial charge in [-0.25, -0.2) is 0 Å². The van der Waals surface area contributed by atoms with Gasteiger partial charge >= 0.3 is 0 Å². The fraction of sp³-hybridized carbons (Fsp3) is 0.294. The van der Waals surface area contributed by atoms with Gasteiger partial charge in [-0.05, 0) is 48.2 Å². The Bertz CT molecular complexity index is 566. The maximum absolute atomic E-state index is 9.74. The van der Waals surface area contributed by atoms with Crippen molar-refractivity contribution in [3.8, 4) is 11.5 Å². The second-order valence-electron chi connectivity index (χ2n) is 5.39. The third-order valence-corrected chi connectivity index (χ3v) is 4.28. The summed E-state index contributed by atoms with van der Waals surface area (Å²) in [5.74, 6) is 0.621. The van der Waals surface area contributed by atoms with Crippen LogP contribution in [0.25, 0.3) is 0 Å². The molecule has 1 saturated carbocycles. The van der Waals surface area contributed by atoms with Crippen molar-refractivity contribution in [2.24, 2.45) is 0 Å². The first-order valence-corrected chi connectivity index (χ1v) is 6.80. The lowest BCUT2D eigenvalue weighted by atomic mass is 9.73. The third-order valence-electron chi connectivity index (χ3n) is 4.28. The standard InChI is InChI=1S/C17H18O2/c18-15-8-6-13(7-9-15)17(10-1-2-11-17)14-4-3-5-16(19)12-14/h3-9,12,18-19H,1-2,10-11H2. The molecule has 2 heteroatoms. The molecule has 0 saturated heterocycles. The van der Waals surface area contributed by atoms with Crippen molar-refractivity contribution >= 4 is 0 Å². The lowest BCUT2D eigenvalue weighted by Gasteiger charge is -2.30. The molecule has 0 atom stereocenters. The lowest BCUT2D eigenvalue weighted by molar-refractivity contribution is 0.466. The van der Waals surface area contributed by atoms with E-state index in [2.05, 4.69) is 6.07 Å². The third kappa shape index (κ3) is 2.07. The molecule has 1 fully saturated rings. The highest BCUT2D eigenvalue weighted by Crippen LogP contribution is 2.47. The molecular weight excluding hydrogens is 236 g/mol. The first-order valence-electron chi connectivity index (χ1n) is 6.80. The summed E-state index contributed by atoms with van der Waals surface area (Å²) in [5, 5.41) is 19.2. The first kappa shape index (κ1) is 12.1. The highest BCUT2D eigenvalue weighted by Gasteiger charge is 2.37. The van der Waals surface area contributed by atoms with Crippen molar-refractivity contribution in [3.05, 3.63) is 59.7 Å². The summed E-state index contributed by atoms with van der Waals surface area (Å²) < 4.78 is 0. The Morgan fingerprint density at radius 2 is 1.42 bits per heavy atom. The van der Waals surface area contributed by atoms with E-state index in [4.69, 9.17) is 0 Å². The van der Waals surface area contributed by atoms with Crippen LogP contribution in [0.5, 0.6) is 11.5 Å². The van der Waals surface area contributed by atoms with E-state index < -0.39 is 0 Å². The van der Waals surface area contributed by atoms with Gasteiger partial charge in [0.25, 0.3) is 0 Å². The molecule has 0 spiro atoms. The Kier molecular flexibility index (Phi) is 2.94. The van der Waals surface area contributed by atoms with E-state index in [0.29, 0.717) is 11.5 Å². The number of benzene rings is 2. The van der Waals surface area contributed by atoms with E-state index in [0.717, 1.165) is 12.8 Å². The molecule has 1 aliphatic rings. The fourth-order valence-corrected chi connectivity index (χ4v) is 3.31. The molecule has 19 heavy (non-hydrogen) atoms. The predicted octanol–water partition coefficient (Wildman–Crippen LogP) is 3.96. The van der Waals surface area contributed by atoms with E-state index in [1.807, 2.05) is 24.3 Å². The van der Waals surface area contributed by atoms with Crippen LogP contribution >= 0.6 is 0 Å². The second-order valence-corrected chi connectivity index (χ2v) is 5.39. The molecule has 2 nitrogen and oxygen atoms in total. The SMILES string of the molecule is Oc1ccc(C2(c3cccc(O)c3)CCCC2)cc1. The molecule has 3 rings (SSSR count). The highest BCUT2D eigenvalue weighted by molar-refractivity contribution is 5.44. The van der Waals surface area contributed by atoms with Gasteiger partial charge in [-0.1, -0.05) is 37.1 Å². The average Bonchev–Trinajstić information content (AvgIpc) is 2.90. The van der Waals surface area contributed by atoms with Crippen LogP contribution < -0.4 is 0 Å². The zero-order valence-electron chi connectivity index (χ0n) is 10.8. The van der Waals surface area contributed by atoms with E-state index >= 15 is 0 Å². The molecule has 0 unspecified atom stereocenters. The van der Waals surface area contributed by atoms with E-state index in [1.54, 1.807) is 18.2 Å². The van der Waals surface area contributed by atoms with Crippen LogP contribution in [0.2, 0.25) is 0 Å². The molecule has 0 radical (unpaired) electrons. The average molecular weight is 254 g/mol. The molecule has 0 bridgehead atoms. The van der Waals surface area contributed by atoms with Crippen LogP contribution in [0.15, 0.2) is 48.5 Å². The number of rotatable bonds is 2. The van der Waals surface area contributed by atoms with Gasteiger partial charge in [-0.3, -0.25) is 0 Å². The van der Waals surface area contributed by atoms with Gasteiger partial charge in [0.05, 0.1) is 0 Å². The summed E-state index contributed by atoms with van der Waals surface area (Å²) in [5.41, 5.74) is 2.40. The summed E-state index contributed by atoms with van der Waals surface area (Å²) in [7, 11) is 0. The Morgan fingerprint density at radius 1 is 0.737 bits per heavy atom. The van der Waals surface area contributed by atoms with Gasteiger partial charge in [0.15, 0.2) is 0 Å². The number of hydrogen-bond donors (Lipinski definition) is 2. The smallest absolute Gasteiger partial charge is 0.115 e. The van der Waals surface area contributed by atoms with Crippen molar-refractivity contribution in [1.82, 2.24) is 0 Å². The Balaban J connectivity index is 2.11. The van der Waals surface area contributed by atoms with Crippen LogP contribution in [-0.2, 0) is 5.41 Å². The molecule has 98 valence electrons. The molecule has 0 amide bonds. The van der Waals surface area contributed by atoms with Crippen LogP contribution in [0.3, 0.4) is 0 Å². The van der Waals surface area contributed by atoms with Gasteiger partial charge in [0, 0.05) is 5.41 Å².